The van der Waals surface area contributed by atoms with Crippen LogP contribution in [0.1, 0.15) is 0 Å². The van der Waals surface area contributed by atoms with E-state index in [2.05, 4.69) is 19.7 Å². The molecule has 0 spiro atoms. The second kappa shape index (κ2) is 4.63. The summed E-state index contributed by atoms with van der Waals surface area (Å²) in [5.41, 5.74) is 0.600. The van der Waals surface area contributed by atoms with Crippen LogP contribution in [-0.4, -0.2) is 23.4 Å². The summed E-state index contributed by atoms with van der Waals surface area (Å²) in [6.45, 7) is 0. The van der Waals surface area contributed by atoms with Crippen molar-refractivity contribution in [2.24, 2.45) is 0 Å². The first kappa shape index (κ1) is 13.2. The first-order chi connectivity index (χ1) is 9.94. The molecule has 0 amide bonds. The number of aromatic nitrogens is 3. The van der Waals surface area contributed by atoms with Gasteiger partial charge in [0.2, 0.25) is 5.56 Å². The number of hydrogen-bond acceptors (Lipinski definition) is 4. The molecule has 0 unspecified atom stereocenters. The highest BCUT2D eigenvalue weighted by Gasteiger charge is 2.14. The molecule has 3 rings (SSSR count). The number of H-pyrrole nitrogens is 3. The van der Waals surface area contributed by atoms with Gasteiger partial charge in [-0.25, -0.2) is 13.2 Å². The van der Waals surface area contributed by atoms with Gasteiger partial charge in [-0.05, 0) is 24.3 Å². The summed E-state index contributed by atoms with van der Waals surface area (Å²) in [7, 11) is -3.81. The molecule has 0 saturated heterocycles. The fourth-order valence-corrected chi connectivity index (χ4v) is 2.89. The quantitative estimate of drug-likeness (QED) is 0.556. The van der Waals surface area contributed by atoms with E-state index < -0.39 is 10.0 Å². The summed E-state index contributed by atoms with van der Waals surface area (Å²) in [6.07, 6.45) is 1.11. The van der Waals surface area contributed by atoms with Gasteiger partial charge >= 0.3 is 5.69 Å². The number of hydrogen-bond donors (Lipinski definition) is 4. The van der Waals surface area contributed by atoms with Crippen molar-refractivity contribution in [3.63, 3.8) is 0 Å². The second-order valence-electron chi connectivity index (χ2n) is 4.33. The highest BCUT2D eigenvalue weighted by Crippen LogP contribution is 2.18. The van der Waals surface area contributed by atoms with E-state index in [4.69, 9.17) is 0 Å². The van der Waals surface area contributed by atoms with Gasteiger partial charge in [0, 0.05) is 12.3 Å². The molecule has 21 heavy (non-hydrogen) atoms. The minimum atomic E-state index is -3.81. The number of anilines is 1. The Bertz CT molecular complexity index is 1010. The Morgan fingerprint density at radius 1 is 0.952 bits per heavy atom. The summed E-state index contributed by atoms with van der Waals surface area (Å²) >= 11 is 0. The molecule has 0 fully saturated rings. The molecule has 108 valence electrons. The van der Waals surface area contributed by atoms with Gasteiger partial charge in [-0.2, -0.15) is 0 Å². The summed E-state index contributed by atoms with van der Waals surface area (Å²) in [4.78, 5) is 29.4. The Morgan fingerprint density at radius 2 is 1.71 bits per heavy atom. The molecule has 0 aliphatic heterocycles. The lowest BCUT2D eigenvalue weighted by Crippen LogP contribution is -2.15. The van der Waals surface area contributed by atoms with Gasteiger partial charge < -0.3 is 15.0 Å². The maximum Gasteiger partial charge on any atom is 0.323 e. The molecule has 1 aromatic carbocycles. The van der Waals surface area contributed by atoms with Crippen LogP contribution >= 0.6 is 0 Å². The number of imidazole rings is 1. The van der Waals surface area contributed by atoms with Gasteiger partial charge in [-0.15, -0.1) is 0 Å². The van der Waals surface area contributed by atoms with E-state index in [9.17, 15) is 18.0 Å². The van der Waals surface area contributed by atoms with E-state index in [1.165, 1.54) is 18.2 Å². The van der Waals surface area contributed by atoms with Gasteiger partial charge in [-0.1, -0.05) is 0 Å². The Kier molecular flexibility index (Phi) is 2.91. The van der Waals surface area contributed by atoms with Gasteiger partial charge in [0.05, 0.1) is 16.7 Å². The molecule has 0 bridgehead atoms. The Hall–Kier alpha value is -2.81. The van der Waals surface area contributed by atoms with Crippen molar-refractivity contribution in [3.8, 4) is 0 Å². The Balaban J connectivity index is 1.98. The van der Waals surface area contributed by atoms with Gasteiger partial charge in [0.1, 0.15) is 4.90 Å². The first-order valence-corrected chi connectivity index (χ1v) is 7.36. The van der Waals surface area contributed by atoms with Crippen LogP contribution in [0.2, 0.25) is 0 Å². The van der Waals surface area contributed by atoms with E-state index in [1.807, 2.05) is 0 Å². The van der Waals surface area contributed by atoms with Gasteiger partial charge in [0.15, 0.2) is 0 Å². The minimum Gasteiger partial charge on any atom is -0.328 e. The molecule has 0 aliphatic carbocycles. The molecule has 8 nitrogen and oxygen atoms in total. The monoisotopic (exact) mass is 306 g/mol. The predicted octanol–water partition coefficient (Wildman–Crippen LogP) is 0.345. The zero-order chi connectivity index (χ0) is 15.0. The Labute approximate surface area is 117 Å². The summed E-state index contributed by atoms with van der Waals surface area (Å²) in [6, 6.07) is 6.93. The zero-order valence-electron chi connectivity index (χ0n) is 10.5. The molecule has 0 atom stereocenters. The third kappa shape index (κ3) is 2.58. The molecule has 9 heteroatoms. The van der Waals surface area contributed by atoms with Gasteiger partial charge in [0.25, 0.3) is 10.0 Å². The molecule has 0 aliphatic rings. The van der Waals surface area contributed by atoms with Crippen LogP contribution < -0.4 is 16.0 Å². The maximum atomic E-state index is 12.1. The van der Waals surface area contributed by atoms with Crippen LogP contribution in [0.3, 0.4) is 0 Å². The smallest absolute Gasteiger partial charge is 0.323 e. The summed E-state index contributed by atoms with van der Waals surface area (Å²) < 4.78 is 26.7. The van der Waals surface area contributed by atoms with Crippen LogP contribution in [0, 0.1) is 0 Å². The average molecular weight is 306 g/mol. The lowest BCUT2D eigenvalue weighted by atomic mass is 10.3. The summed E-state index contributed by atoms with van der Waals surface area (Å²) in [5, 5.41) is 0. The number of sulfonamides is 1. The number of pyridine rings is 1. The zero-order valence-corrected chi connectivity index (χ0v) is 11.3. The van der Waals surface area contributed by atoms with Crippen molar-refractivity contribution in [2.75, 3.05) is 4.72 Å². The molecule has 4 N–H and O–H groups in total. The van der Waals surface area contributed by atoms with Crippen LogP contribution in [0.25, 0.3) is 11.0 Å². The van der Waals surface area contributed by atoms with Crippen LogP contribution in [0.4, 0.5) is 5.69 Å². The maximum absolute atomic E-state index is 12.1. The molecule has 0 radical (unpaired) electrons. The molecule has 2 aromatic heterocycles. The second-order valence-corrected chi connectivity index (χ2v) is 6.02. The molecular formula is C12H10N4O4S. The summed E-state index contributed by atoms with van der Waals surface area (Å²) in [5.74, 6) is 0. The van der Waals surface area contributed by atoms with Crippen LogP contribution in [0.15, 0.2) is 51.0 Å². The number of nitrogens with one attached hydrogen (secondary N) is 4. The van der Waals surface area contributed by atoms with Gasteiger partial charge in [-0.3, -0.25) is 9.52 Å². The van der Waals surface area contributed by atoms with Crippen LogP contribution in [0.5, 0.6) is 0 Å². The largest absolute Gasteiger partial charge is 0.328 e. The van der Waals surface area contributed by atoms with Crippen molar-refractivity contribution in [2.45, 2.75) is 4.90 Å². The van der Waals surface area contributed by atoms with Crippen molar-refractivity contribution < 1.29 is 8.42 Å². The van der Waals surface area contributed by atoms with E-state index in [0.717, 1.165) is 12.3 Å². The van der Waals surface area contributed by atoms with E-state index in [0.29, 0.717) is 16.7 Å². The predicted molar refractivity (Wildman–Crippen MR) is 76.8 cm³/mol. The number of aromatic amines is 3. The Morgan fingerprint density at radius 3 is 2.43 bits per heavy atom. The first-order valence-electron chi connectivity index (χ1n) is 5.88. The highest BCUT2D eigenvalue weighted by molar-refractivity contribution is 7.92. The standard InChI is InChI=1S/C12H10N4O4S/c17-11-4-2-8(6-13-11)21(19,20)16-7-1-3-9-10(5-7)15-12(18)14-9/h1-6,16H,(H,13,17)(H2,14,15,18). The van der Waals surface area contributed by atoms with Crippen molar-refractivity contribution in [3.05, 3.63) is 57.4 Å². The topological polar surface area (TPSA) is 128 Å². The number of fused-ring (bicyclic) bond motifs is 1. The van der Waals surface area contributed by atoms with Crippen molar-refractivity contribution in [1.29, 1.82) is 0 Å². The lowest BCUT2D eigenvalue weighted by molar-refractivity contribution is 0.600. The molecule has 3 aromatic rings. The lowest BCUT2D eigenvalue weighted by Gasteiger charge is -2.07. The normalized spacial score (nSPS) is 11.6. The van der Waals surface area contributed by atoms with Crippen LogP contribution in [-0.2, 0) is 10.0 Å². The van der Waals surface area contributed by atoms with E-state index in [1.54, 1.807) is 6.07 Å². The fourth-order valence-electron chi connectivity index (χ4n) is 1.87. The number of benzene rings is 1. The third-order valence-electron chi connectivity index (χ3n) is 2.83. The van der Waals surface area contributed by atoms with Crippen molar-refractivity contribution in [1.82, 2.24) is 15.0 Å². The minimum absolute atomic E-state index is 0.0650. The SMILES string of the molecule is O=c1ccc(S(=O)(=O)Nc2ccc3[nH]c(=O)[nH]c3c2)c[nH]1. The average Bonchev–Trinajstić information content (AvgIpc) is 2.78. The number of rotatable bonds is 3. The molecule has 0 saturated carbocycles. The molecule has 2 heterocycles. The fraction of sp³-hybridized carbons (Fsp3) is 0. The van der Waals surface area contributed by atoms with Crippen molar-refractivity contribution >= 4 is 26.7 Å². The third-order valence-corrected chi connectivity index (χ3v) is 4.21. The van der Waals surface area contributed by atoms with E-state index in [-0.39, 0.29) is 16.1 Å². The molecular weight excluding hydrogens is 296 g/mol. The highest BCUT2D eigenvalue weighted by atomic mass is 32.2. The van der Waals surface area contributed by atoms with E-state index >= 15 is 0 Å².